The van der Waals surface area contributed by atoms with Crippen molar-refractivity contribution in [2.75, 3.05) is 18.6 Å². The summed E-state index contributed by atoms with van der Waals surface area (Å²) in [6, 6.07) is 4.02. The van der Waals surface area contributed by atoms with Gasteiger partial charge in [0.1, 0.15) is 11.6 Å². The minimum Gasteiger partial charge on any atom is -0.330 e. The second-order valence-electron chi connectivity index (χ2n) is 7.75. The summed E-state index contributed by atoms with van der Waals surface area (Å²) in [6.45, 7) is 3.71. The van der Waals surface area contributed by atoms with Gasteiger partial charge < -0.3 is 10.3 Å². The number of nitrogens with one attached hydrogen (secondary N) is 1. The molecule has 0 bridgehead atoms. The number of nitrogens with zero attached hydrogens (tertiary/aromatic N) is 4. The van der Waals surface area contributed by atoms with E-state index in [9.17, 15) is 22.4 Å². The minimum atomic E-state index is -4.61. The zero-order valence-electron chi connectivity index (χ0n) is 17.5. The molecule has 6 nitrogen and oxygen atoms in total. The average Bonchev–Trinajstić information content (AvgIpc) is 3.06. The van der Waals surface area contributed by atoms with Crippen molar-refractivity contribution in [2.45, 2.75) is 32.5 Å². The smallest absolute Gasteiger partial charge is 0.330 e. The highest BCUT2D eigenvalue weighted by Gasteiger charge is 2.40. The number of amides is 1. The van der Waals surface area contributed by atoms with Gasteiger partial charge >= 0.3 is 6.18 Å². The number of alkyl halides is 3. The number of pyridine rings is 1. The summed E-state index contributed by atoms with van der Waals surface area (Å²) in [5.74, 6) is -0.442. The van der Waals surface area contributed by atoms with E-state index in [0.29, 0.717) is 23.5 Å². The molecule has 0 radical (unpaired) electrons. The van der Waals surface area contributed by atoms with Gasteiger partial charge in [0, 0.05) is 30.6 Å². The van der Waals surface area contributed by atoms with Crippen LogP contribution in [-0.2, 0) is 6.18 Å². The molecule has 0 fully saturated rings. The highest BCUT2D eigenvalue weighted by Crippen LogP contribution is 2.36. The van der Waals surface area contributed by atoms with E-state index in [2.05, 4.69) is 10.4 Å². The molecule has 1 amide bonds. The van der Waals surface area contributed by atoms with Crippen LogP contribution in [0.1, 0.15) is 34.8 Å². The van der Waals surface area contributed by atoms with Crippen molar-refractivity contribution >= 4 is 23.3 Å². The molecule has 1 unspecified atom stereocenters. The Morgan fingerprint density at radius 1 is 1.25 bits per heavy atom. The first-order valence-corrected chi connectivity index (χ1v) is 10.2. The third-order valence-corrected chi connectivity index (χ3v) is 5.82. The van der Waals surface area contributed by atoms with E-state index in [4.69, 9.17) is 11.6 Å². The van der Waals surface area contributed by atoms with Crippen LogP contribution >= 0.6 is 11.6 Å². The van der Waals surface area contributed by atoms with Gasteiger partial charge in [-0.05, 0) is 43.7 Å². The molecule has 1 N–H and O–H groups in total. The zero-order chi connectivity index (χ0) is 23.4. The fraction of sp³-hybridized carbons (Fsp3) is 0.333. The molecule has 2 aliphatic heterocycles. The number of anilines is 1. The van der Waals surface area contributed by atoms with Gasteiger partial charge in [0.15, 0.2) is 0 Å². The molecule has 1 atom stereocenters. The van der Waals surface area contributed by atoms with Crippen molar-refractivity contribution in [3.8, 4) is 0 Å². The van der Waals surface area contributed by atoms with E-state index in [-0.39, 0.29) is 17.1 Å². The van der Waals surface area contributed by atoms with Crippen LogP contribution in [-0.4, -0.2) is 40.5 Å². The summed E-state index contributed by atoms with van der Waals surface area (Å²) < 4.78 is 53.2. The number of aryl methyl sites for hydroxylation is 1. The molecule has 1 aromatic carbocycles. The normalized spacial score (nSPS) is 19.3. The molecule has 11 heteroatoms. The van der Waals surface area contributed by atoms with Gasteiger partial charge in [0.25, 0.3) is 5.91 Å². The van der Waals surface area contributed by atoms with Crippen LogP contribution in [0.3, 0.4) is 0 Å². The maximum atomic E-state index is 13.7. The lowest BCUT2D eigenvalue weighted by molar-refractivity contribution is -0.137. The van der Waals surface area contributed by atoms with Crippen molar-refractivity contribution in [2.24, 2.45) is 0 Å². The van der Waals surface area contributed by atoms with E-state index < -0.39 is 29.5 Å². The molecular formula is C21H20ClF4N5O. The first-order valence-electron chi connectivity index (χ1n) is 9.81. The Bertz CT molecular complexity index is 1120. The van der Waals surface area contributed by atoms with Gasteiger partial charge in [-0.1, -0.05) is 11.6 Å². The quantitative estimate of drug-likeness (QED) is 0.655. The molecular weight excluding hydrogens is 450 g/mol. The third kappa shape index (κ3) is 3.88. The number of benzene rings is 1. The number of hydrazine groups is 2. The van der Waals surface area contributed by atoms with Gasteiger partial charge in [-0.2, -0.15) is 13.2 Å². The van der Waals surface area contributed by atoms with E-state index in [0.717, 1.165) is 24.0 Å². The molecule has 4 rings (SSSR count). The van der Waals surface area contributed by atoms with Crippen LogP contribution < -0.4 is 10.4 Å². The molecule has 1 aromatic heterocycles. The lowest BCUT2D eigenvalue weighted by Crippen LogP contribution is -2.46. The highest BCUT2D eigenvalue weighted by molar-refractivity contribution is 6.31. The van der Waals surface area contributed by atoms with Gasteiger partial charge in [-0.3, -0.25) is 4.79 Å². The minimum absolute atomic E-state index is 0.125. The molecule has 0 aliphatic carbocycles. The fourth-order valence-electron chi connectivity index (χ4n) is 3.99. The van der Waals surface area contributed by atoms with E-state index in [1.54, 1.807) is 37.1 Å². The molecule has 170 valence electrons. The maximum absolute atomic E-state index is 13.7. The molecule has 2 aliphatic rings. The van der Waals surface area contributed by atoms with Gasteiger partial charge in [-0.25, -0.2) is 14.4 Å². The third-order valence-electron chi connectivity index (χ3n) is 5.61. The van der Waals surface area contributed by atoms with Crippen molar-refractivity contribution in [3.63, 3.8) is 0 Å². The van der Waals surface area contributed by atoms with Crippen molar-refractivity contribution in [1.29, 1.82) is 0 Å². The van der Waals surface area contributed by atoms with Crippen LogP contribution in [0, 0.1) is 12.7 Å². The fourth-order valence-corrected chi connectivity index (χ4v) is 4.22. The van der Waals surface area contributed by atoms with Crippen molar-refractivity contribution < 1.29 is 22.4 Å². The summed E-state index contributed by atoms with van der Waals surface area (Å²) in [6.07, 6.45) is -3.04. The number of hydrogen-bond acceptors (Lipinski definition) is 5. The van der Waals surface area contributed by atoms with E-state index in [1.165, 1.54) is 11.0 Å². The summed E-state index contributed by atoms with van der Waals surface area (Å²) in [4.78, 5) is 18.8. The number of hydrogen-bond donors (Lipinski definition) is 1. The van der Waals surface area contributed by atoms with Crippen molar-refractivity contribution in [1.82, 2.24) is 20.4 Å². The Labute approximate surface area is 187 Å². The Morgan fingerprint density at radius 3 is 2.62 bits per heavy atom. The molecule has 3 heterocycles. The average molecular weight is 470 g/mol. The van der Waals surface area contributed by atoms with E-state index >= 15 is 0 Å². The number of rotatable bonds is 2. The Kier molecular flexibility index (Phi) is 5.54. The topological polar surface area (TPSA) is 51.7 Å². The standard InChI is InChI=1S/C21H20ClF4N5O/c1-11-6-18(27-10-16(11)23)31-17-4-5-30(12(2)19(17)28-29(31)3)20(32)13-7-14(21(24,25)26)9-15(22)8-13/h6-10,12,28H,4-5H2,1-3H3. The summed E-state index contributed by atoms with van der Waals surface area (Å²) in [5.41, 5.74) is 4.09. The summed E-state index contributed by atoms with van der Waals surface area (Å²) >= 11 is 5.86. The van der Waals surface area contributed by atoms with Gasteiger partial charge in [0.2, 0.25) is 0 Å². The first kappa shape index (κ1) is 22.3. The number of carbonyl (C=O) groups excluding carboxylic acids is 1. The lowest BCUT2D eigenvalue weighted by Gasteiger charge is -2.35. The second kappa shape index (κ2) is 7.93. The highest BCUT2D eigenvalue weighted by atomic mass is 35.5. The maximum Gasteiger partial charge on any atom is 0.416 e. The van der Waals surface area contributed by atoms with Crippen LogP contribution in [0.15, 0.2) is 41.9 Å². The van der Waals surface area contributed by atoms with Crippen molar-refractivity contribution in [3.05, 3.63) is 69.4 Å². The van der Waals surface area contributed by atoms with Crippen LogP contribution in [0.2, 0.25) is 5.02 Å². The lowest BCUT2D eigenvalue weighted by atomic mass is 10.0. The Hall–Kier alpha value is -2.85. The first-order chi connectivity index (χ1) is 15.0. The van der Waals surface area contributed by atoms with Gasteiger partial charge in [0.05, 0.1) is 29.2 Å². The van der Waals surface area contributed by atoms with Crippen LogP contribution in [0.5, 0.6) is 0 Å². The predicted molar refractivity (Wildman–Crippen MR) is 111 cm³/mol. The number of halogens is 5. The second-order valence-corrected chi connectivity index (χ2v) is 8.19. The molecule has 0 saturated carbocycles. The summed E-state index contributed by atoms with van der Waals surface area (Å²) in [5, 5.41) is 3.31. The Morgan fingerprint density at radius 2 is 1.97 bits per heavy atom. The van der Waals surface area contributed by atoms with Crippen LogP contribution in [0.25, 0.3) is 0 Å². The molecule has 0 saturated heterocycles. The van der Waals surface area contributed by atoms with E-state index in [1.807, 2.05) is 0 Å². The largest absolute Gasteiger partial charge is 0.416 e. The predicted octanol–water partition coefficient (Wildman–Crippen LogP) is 4.52. The Balaban J connectivity index is 1.64. The summed E-state index contributed by atoms with van der Waals surface area (Å²) in [7, 11) is 1.75. The molecule has 2 aromatic rings. The zero-order valence-corrected chi connectivity index (χ0v) is 18.2. The van der Waals surface area contributed by atoms with Crippen LogP contribution in [0.4, 0.5) is 23.4 Å². The molecule has 32 heavy (non-hydrogen) atoms. The van der Waals surface area contributed by atoms with Gasteiger partial charge in [-0.15, -0.1) is 5.12 Å². The SMILES string of the molecule is Cc1cc(N2C3=C(NN2C)C(C)N(C(=O)c2cc(Cl)cc(C(F)(F)F)c2)CC3)ncc1F. The monoisotopic (exact) mass is 469 g/mol. The number of aromatic nitrogens is 1. The number of carbonyl (C=O) groups is 1. The molecule has 0 spiro atoms.